The molecule has 0 bridgehead atoms. The Balaban J connectivity index is 0.000000315. The van der Waals surface area contributed by atoms with Crippen LogP contribution in [0.2, 0.25) is 0 Å². The molecule has 0 aliphatic carbocycles. The van der Waals surface area contributed by atoms with Crippen LogP contribution in [0.25, 0.3) is 0 Å². The molecule has 0 radical (unpaired) electrons. The summed E-state index contributed by atoms with van der Waals surface area (Å²) in [6.07, 6.45) is 0.828. The van der Waals surface area contributed by atoms with Gasteiger partial charge in [-0.2, -0.15) is 0 Å². The number of nitrogens with zero attached hydrogens (tertiary/aromatic N) is 2. The second-order valence-electron chi connectivity index (χ2n) is 2.50. The van der Waals surface area contributed by atoms with Gasteiger partial charge in [-0.05, 0) is 0 Å². The highest BCUT2D eigenvalue weighted by atomic mass is 31.2. The smallest absolute Gasteiger partial charge is 0.339 e. The van der Waals surface area contributed by atoms with Crippen LogP contribution in [0.4, 0.5) is 5.95 Å². The molecule has 16 heavy (non-hydrogen) atoms. The number of aromatic amines is 1. The molecule has 0 aliphatic rings. The van der Waals surface area contributed by atoms with E-state index in [0.717, 1.165) is 0 Å². The van der Waals surface area contributed by atoms with E-state index in [9.17, 15) is 9.36 Å². The first-order valence-electron chi connectivity index (χ1n) is 3.89. The maximum absolute atomic E-state index is 10.1. The summed E-state index contributed by atoms with van der Waals surface area (Å²) in [6, 6.07) is 0. The van der Waals surface area contributed by atoms with E-state index in [0.29, 0.717) is 0 Å². The second kappa shape index (κ2) is 6.90. The van der Waals surface area contributed by atoms with Crippen LogP contribution >= 0.6 is 7.60 Å². The molecular weight excluding hydrogens is 241 g/mol. The van der Waals surface area contributed by atoms with Gasteiger partial charge in [0.15, 0.2) is 0 Å². The minimum Gasteiger partial charge on any atom is -0.480 e. The highest BCUT2D eigenvalue weighted by molar-refractivity contribution is 7.51. The van der Waals surface area contributed by atoms with E-state index < -0.39 is 26.4 Å². The Labute approximate surface area is 90.0 Å². The maximum atomic E-state index is 10.1. The van der Waals surface area contributed by atoms with E-state index >= 15 is 0 Å². The average Bonchev–Trinajstić information content (AvgIpc) is 2.53. The highest BCUT2D eigenvalue weighted by Crippen LogP contribution is 2.31. The molecule has 0 amide bonds. The standard InChI is InChI=1S/C3H8NO5P.C2H4N4/c5-3(6)1-4-2-10(7,8)9;3-2-4-1-5-6-2/h4H,1-2H2,(H,5,6)(H2,7,8,9);1H,(H3,3,4,5,6). The van der Waals surface area contributed by atoms with Gasteiger partial charge in [0.2, 0.25) is 5.95 Å². The number of aliphatic carboxylic acids is 1. The molecule has 1 rings (SSSR count). The number of H-pyrrole nitrogens is 1. The first-order chi connectivity index (χ1) is 7.31. The van der Waals surface area contributed by atoms with Crippen molar-refractivity contribution >= 4 is 19.5 Å². The van der Waals surface area contributed by atoms with Gasteiger partial charge in [-0.25, -0.2) is 4.98 Å². The minimum absolute atomic E-state index is 0.287. The third-order valence-electron chi connectivity index (χ3n) is 1.03. The van der Waals surface area contributed by atoms with E-state index in [-0.39, 0.29) is 5.95 Å². The fourth-order valence-corrected chi connectivity index (χ4v) is 0.930. The van der Waals surface area contributed by atoms with Gasteiger partial charge < -0.3 is 20.6 Å². The van der Waals surface area contributed by atoms with Gasteiger partial charge in [-0.3, -0.25) is 19.8 Å². The average molecular weight is 253 g/mol. The summed E-state index contributed by atoms with van der Waals surface area (Å²) >= 11 is 0. The Hall–Kier alpha value is -1.48. The van der Waals surface area contributed by atoms with Gasteiger partial charge in [0, 0.05) is 0 Å². The van der Waals surface area contributed by atoms with Gasteiger partial charge >= 0.3 is 13.6 Å². The quantitative estimate of drug-likeness (QED) is 0.337. The topological polar surface area (TPSA) is 174 Å². The molecule has 1 aromatic heterocycles. The van der Waals surface area contributed by atoms with Crippen molar-refractivity contribution in [2.75, 3.05) is 18.6 Å². The number of hydrogen-bond donors (Lipinski definition) is 6. The van der Waals surface area contributed by atoms with Crippen LogP contribution in [0.3, 0.4) is 0 Å². The Morgan fingerprint density at radius 3 is 2.50 bits per heavy atom. The summed E-state index contributed by atoms with van der Waals surface area (Å²) in [4.78, 5) is 29.7. The van der Waals surface area contributed by atoms with Crippen molar-refractivity contribution in [3.63, 3.8) is 0 Å². The monoisotopic (exact) mass is 253 g/mol. The number of carboxylic acids is 1. The number of aromatic nitrogens is 3. The van der Waals surface area contributed by atoms with Crippen LogP contribution in [0.5, 0.6) is 0 Å². The second-order valence-corrected chi connectivity index (χ2v) is 4.15. The number of anilines is 1. The summed E-state index contributed by atoms with van der Waals surface area (Å²) in [5, 5.41) is 16.0. The molecule has 0 unspecified atom stereocenters. The van der Waals surface area contributed by atoms with Crippen LogP contribution in [0.15, 0.2) is 6.33 Å². The molecule has 0 spiro atoms. The van der Waals surface area contributed by atoms with E-state index in [1.807, 2.05) is 0 Å². The molecule has 92 valence electrons. The zero-order valence-corrected chi connectivity index (χ0v) is 8.96. The number of carboxylic acid groups (broad SMARTS) is 1. The molecule has 10 nitrogen and oxygen atoms in total. The van der Waals surface area contributed by atoms with E-state index in [4.69, 9.17) is 20.6 Å². The minimum atomic E-state index is -4.10. The lowest BCUT2D eigenvalue weighted by Crippen LogP contribution is -2.23. The summed E-state index contributed by atoms with van der Waals surface area (Å²) in [6.45, 7) is -0.439. The predicted octanol–water partition coefficient (Wildman–Crippen LogP) is -1.82. The highest BCUT2D eigenvalue weighted by Gasteiger charge is 2.11. The molecule has 0 fully saturated rings. The third kappa shape index (κ3) is 10.6. The molecule has 0 saturated heterocycles. The molecule has 1 aromatic rings. The van der Waals surface area contributed by atoms with Crippen molar-refractivity contribution in [3.8, 4) is 0 Å². The van der Waals surface area contributed by atoms with Crippen LogP contribution in [0.1, 0.15) is 0 Å². The van der Waals surface area contributed by atoms with Gasteiger partial charge in [0.1, 0.15) is 6.33 Å². The van der Waals surface area contributed by atoms with Crippen molar-refractivity contribution < 1.29 is 24.3 Å². The molecule has 1 heterocycles. The van der Waals surface area contributed by atoms with E-state index in [2.05, 4.69) is 20.5 Å². The van der Waals surface area contributed by atoms with Crippen LogP contribution in [-0.4, -0.2) is 48.9 Å². The number of rotatable bonds is 4. The van der Waals surface area contributed by atoms with Gasteiger partial charge in [0.05, 0.1) is 12.8 Å². The lowest BCUT2D eigenvalue weighted by atomic mass is 10.7. The predicted molar refractivity (Wildman–Crippen MR) is 53.3 cm³/mol. The van der Waals surface area contributed by atoms with Crippen LogP contribution in [-0.2, 0) is 9.36 Å². The van der Waals surface area contributed by atoms with E-state index in [1.165, 1.54) is 6.33 Å². The Morgan fingerprint density at radius 1 is 1.62 bits per heavy atom. The summed E-state index contributed by atoms with van der Waals surface area (Å²) in [5.74, 6) is -0.858. The number of nitrogens with one attached hydrogen (secondary N) is 2. The van der Waals surface area contributed by atoms with Crippen molar-refractivity contribution in [1.82, 2.24) is 20.5 Å². The Bertz CT molecular complexity index is 348. The molecule has 11 heteroatoms. The molecule has 0 atom stereocenters. The molecular formula is C5H12N5O5P. The summed E-state index contributed by atoms with van der Waals surface area (Å²) in [5.41, 5.74) is 5.02. The normalized spacial score (nSPS) is 10.4. The maximum Gasteiger partial charge on any atom is 0.339 e. The molecule has 7 N–H and O–H groups in total. The molecule has 0 saturated carbocycles. The molecule has 0 aliphatic heterocycles. The fourth-order valence-electron chi connectivity index (χ4n) is 0.527. The third-order valence-corrected chi connectivity index (χ3v) is 1.66. The van der Waals surface area contributed by atoms with Crippen LogP contribution < -0.4 is 11.1 Å². The van der Waals surface area contributed by atoms with Gasteiger partial charge in [-0.15, -0.1) is 5.10 Å². The number of carbonyl (C=O) groups is 1. The van der Waals surface area contributed by atoms with Crippen molar-refractivity contribution in [2.24, 2.45) is 0 Å². The van der Waals surface area contributed by atoms with Crippen molar-refractivity contribution in [3.05, 3.63) is 6.33 Å². The summed E-state index contributed by atoms with van der Waals surface area (Å²) in [7, 11) is -4.10. The Morgan fingerprint density at radius 2 is 2.25 bits per heavy atom. The van der Waals surface area contributed by atoms with Crippen molar-refractivity contribution in [1.29, 1.82) is 0 Å². The first kappa shape index (κ1) is 14.5. The zero-order chi connectivity index (χ0) is 12.6. The lowest BCUT2D eigenvalue weighted by molar-refractivity contribution is -0.135. The van der Waals surface area contributed by atoms with Crippen LogP contribution in [0, 0.1) is 0 Å². The number of nitrogen functional groups attached to an aromatic ring is 1. The van der Waals surface area contributed by atoms with Gasteiger partial charge in [-0.1, -0.05) is 0 Å². The van der Waals surface area contributed by atoms with Gasteiger partial charge in [0.25, 0.3) is 0 Å². The largest absolute Gasteiger partial charge is 0.480 e. The van der Waals surface area contributed by atoms with Crippen molar-refractivity contribution in [2.45, 2.75) is 0 Å². The Kier molecular flexibility index (Phi) is 6.27. The number of hydrogen-bond acceptors (Lipinski definition) is 6. The SMILES string of the molecule is Nc1nc[nH]n1.O=C(O)CNCP(=O)(O)O. The summed E-state index contributed by atoms with van der Waals surface area (Å²) < 4.78 is 10.1. The first-order valence-corrected chi connectivity index (χ1v) is 5.69. The lowest BCUT2D eigenvalue weighted by Gasteiger charge is -2.02. The number of nitrogens with two attached hydrogens (primary N) is 1. The zero-order valence-electron chi connectivity index (χ0n) is 8.07. The van der Waals surface area contributed by atoms with E-state index in [1.54, 1.807) is 0 Å². The fraction of sp³-hybridized carbons (Fsp3) is 0.400. The molecule has 0 aromatic carbocycles.